The van der Waals surface area contributed by atoms with Crippen molar-refractivity contribution >= 4 is 11.6 Å². The number of hydrogen-bond donors (Lipinski definition) is 0. The molecule has 0 aliphatic carbocycles. The lowest BCUT2D eigenvalue weighted by molar-refractivity contribution is -0.285. The van der Waals surface area contributed by atoms with E-state index in [4.69, 9.17) is 31.2 Å². The Hall–Kier alpha value is -2.40. The Bertz CT molecular complexity index is 834. The third-order valence-corrected chi connectivity index (χ3v) is 3.07. The molecular weight excluding hydrogens is 370 g/mol. The summed E-state index contributed by atoms with van der Waals surface area (Å²) in [5.41, 5.74) is -0.143. The molecule has 1 heterocycles. The molecule has 0 amide bonds. The highest BCUT2D eigenvalue weighted by Crippen LogP contribution is 2.31. The second-order valence-electron chi connectivity index (χ2n) is 7.71. The molecule has 0 N–H and O–H groups in total. The number of halogens is 1. The van der Waals surface area contributed by atoms with Gasteiger partial charge >= 0.3 is 6.01 Å². The lowest BCUT2D eigenvalue weighted by Crippen LogP contribution is -2.23. The molecule has 1 aromatic heterocycles. The van der Waals surface area contributed by atoms with E-state index in [2.05, 4.69) is 16.0 Å². The molecule has 7 nitrogen and oxygen atoms in total. The SMILES string of the molecule is CC(C)(C)OOc1nc(OOC(C)(C)C)c(C#N)c(-c2ccc(Cl)cc2)n1. The van der Waals surface area contributed by atoms with Crippen LogP contribution in [-0.2, 0) is 9.78 Å². The van der Waals surface area contributed by atoms with E-state index in [0.29, 0.717) is 16.3 Å². The second kappa shape index (κ2) is 8.09. The average Bonchev–Trinajstić information content (AvgIpc) is 2.57. The van der Waals surface area contributed by atoms with Crippen LogP contribution in [0.4, 0.5) is 0 Å². The molecule has 0 saturated carbocycles. The van der Waals surface area contributed by atoms with E-state index < -0.39 is 11.2 Å². The second-order valence-corrected chi connectivity index (χ2v) is 8.15. The van der Waals surface area contributed by atoms with E-state index in [1.54, 1.807) is 45.0 Å². The number of aromatic nitrogens is 2. The maximum Gasteiger partial charge on any atom is 0.357 e. The molecule has 8 heteroatoms. The van der Waals surface area contributed by atoms with Crippen molar-refractivity contribution in [1.29, 1.82) is 5.26 Å². The number of nitriles is 1. The van der Waals surface area contributed by atoms with Crippen LogP contribution in [0.2, 0.25) is 5.02 Å². The quantitative estimate of drug-likeness (QED) is 0.529. The van der Waals surface area contributed by atoms with Gasteiger partial charge in [0.2, 0.25) is 0 Å². The summed E-state index contributed by atoms with van der Waals surface area (Å²) in [6.07, 6.45) is 0. The smallest absolute Gasteiger partial charge is 0.315 e. The van der Waals surface area contributed by atoms with Gasteiger partial charge in [0.1, 0.15) is 22.8 Å². The van der Waals surface area contributed by atoms with Gasteiger partial charge in [-0.25, -0.2) is 0 Å². The largest absolute Gasteiger partial charge is 0.357 e. The van der Waals surface area contributed by atoms with E-state index in [9.17, 15) is 5.26 Å². The first-order valence-corrected chi connectivity index (χ1v) is 8.66. The van der Waals surface area contributed by atoms with Crippen molar-refractivity contribution in [3.63, 3.8) is 0 Å². The number of hydrogen-bond acceptors (Lipinski definition) is 7. The minimum atomic E-state index is -0.610. The van der Waals surface area contributed by atoms with Gasteiger partial charge in [0.05, 0.1) is 5.69 Å². The topological polar surface area (TPSA) is 86.5 Å². The molecule has 0 fully saturated rings. The molecule has 27 heavy (non-hydrogen) atoms. The van der Waals surface area contributed by atoms with Gasteiger partial charge < -0.3 is 4.89 Å². The first-order valence-electron chi connectivity index (χ1n) is 8.28. The highest BCUT2D eigenvalue weighted by atomic mass is 35.5. The molecule has 0 atom stereocenters. The van der Waals surface area contributed by atoms with Crippen molar-refractivity contribution in [3.8, 4) is 29.2 Å². The molecule has 0 unspecified atom stereocenters. The van der Waals surface area contributed by atoms with Gasteiger partial charge in [-0.2, -0.15) is 25.0 Å². The molecule has 144 valence electrons. The predicted molar refractivity (Wildman–Crippen MR) is 100 cm³/mol. The van der Waals surface area contributed by atoms with Crippen LogP contribution in [0.1, 0.15) is 47.1 Å². The summed E-state index contributed by atoms with van der Waals surface area (Å²) < 4.78 is 0. The van der Waals surface area contributed by atoms with E-state index >= 15 is 0 Å². The van der Waals surface area contributed by atoms with E-state index in [-0.39, 0.29) is 17.5 Å². The van der Waals surface area contributed by atoms with Crippen LogP contribution in [0.25, 0.3) is 11.3 Å². The fourth-order valence-corrected chi connectivity index (χ4v) is 1.89. The van der Waals surface area contributed by atoms with Gasteiger partial charge in [-0.05, 0) is 53.7 Å². The third kappa shape index (κ3) is 6.36. The Morgan fingerprint density at radius 1 is 0.889 bits per heavy atom. The Morgan fingerprint density at radius 2 is 1.44 bits per heavy atom. The van der Waals surface area contributed by atoms with Crippen molar-refractivity contribution in [3.05, 3.63) is 34.9 Å². The molecule has 2 rings (SSSR count). The normalized spacial score (nSPS) is 11.8. The van der Waals surface area contributed by atoms with Crippen LogP contribution in [0.15, 0.2) is 24.3 Å². The van der Waals surface area contributed by atoms with Gasteiger partial charge in [0, 0.05) is 10.6 Å². The minimum Gasteiger partial charge on any atom is -0.315 e. The van der Waals surface area contributed by atoms with Gasteiger partial charge in [-0.15, -0.1) is 0 Å². The van der Waals surface area contributed by atoms with Crippen molar-refractivity contribution in [2.24, 2.45) is 0 Å². The van der Waals surface area contributed by atoms with Gasteiger partial charge in [0.15, 0.2) is 0 Å². The minimum absolute atomic E-state index is 0.0696. The first-order chi connectivity index (χ1) is 12.5. The van der Waals surface area contributed by atoms with Crippen molar-refractivity contribution < 1.29 is 19.6 Å². The fraction of sp³-hybridized carbons (Fsp3) is 0.421. The average molecular weight is 392 g/mol. The van der Waals surface area contributed by atoms with Crippen molar-refractivity contribution in [2.75, 3.05) is 0 Å². The lowest BCUT2D eigenvalue weighted by Gasteiger charge is -2.19. The summed E-state index contributed by atoms with van der Waals surface area (Å²) in [5.74, 6) is -0.0696. The predicted octanol–water partition coefficient (Wildman–Crippen LogP) is 4.89. The monoisotopic (exact) mass is 391 g/mol. The highest BCUT2D eigenvalue weighted by molar-refractivity contribution is 6.30. The molecule has 0 saturated heterocycles. The van der Waals surface area contributed by atoms with Gasteiger partial charge in [0.25, 0.3) is 5.88 Å². The zero-order valence-electron chi connectivity index (χ0n) is 16.2. The van der Waals surface area contributed by atoms with Crippen LogP contribution in [0.5, 0.6) is 11.9 Å². The molecule has 0 aliphatic rings. The maximum atomic E-state index is 9.63. The summed E-state index contributed by atoms with van der Waals surface area (Å²) in [4.78, 5) is 29.5. The molecular formula is C19H22ClN3O4. The zero-order chi connectivity index (χ0) is 20.2. The van der Waals surface area contributed by atoms with Crippen LogP contribution >= 0.6 is 11.6 Å². The van der Waals surface area contributed by atoms with Crippen molar-refractivity contribution in [1.82, 2.24) is 9.97 Å². The summed E-state index contributed by atoms with van der Waals surface area (Å²) in [5, 5.41) is 10.2. The summed E-state index contributed by atoms with van der Waals surface area (Å²) in [6.45, 7) is 10.9. The van der Waals surface area contributed by atoms with Crippen LogP contribution < -0.4 is 9.78 Å². The Morgan fingerprint density at radius 3 is 1.96 bits per heavy atom. The van der Waals surface area contributed by atoms with Crippen molar-refractivity contribution in [2.45, 2.75) is 52.7 Å². The van der Waals surface area contributed by atoms with Crippen LogP contribution in [0, 0.1) is 11.3 Å². The molecule has 0 bridgehead atoms. The molecule has 2 aromatic rings. The van der Waals surface area contributed by atoms with Crippen LogP contribution in [-0.4, -0.2) is 21.2 Å². The Labute approximate surface area is 163 Å². The molecule has 1 aromatic carbocycles. The van der Waals surface area contributed by atoms with Gasteiger partial charge in [-0.1, -0.05) is 23.7 Å². The first kappa shape index (κ1) is 20.9. The molecule has 0 radical (unpaired) electrons. The van der Waals surface area contributed by atoms with E-state index in [1.807, 2.05) is 20.8 Å². The van der Waals surface area contributed by atoms with E-state index in [1.165, 1.54) is 0 Å². The fourth-order valence-electron chi connectivity index (χ4n) is 1.76. The van der Waals surface area contributed by atoms with Crippen LogP contribution in [0.3, 0.4) is 0 Å². The zero-order valence-corrected chi connectivity index (χ0v) is 16.9. The Balaban J connectivity index is 2.51. The lowest BCUT2D eigenvalue weighted by atomic mass is 10.1. The summed E-state index contributed by atoms with van der Waals surface area (Å²) >= 11 is 5.95. The van der Waals surface area contributed by atoms with Gasteiger partial charge in [-0.3, -0.25) is 4.89 Å². The summed E-state index contributed by atoms with van der Waals surface area (Å²) in [7, 11) is 0. The number of rotatable bonds is 5. The number of nitrogens with zero attached hydrogens (tertiary/aromatic N) is 3. The molecule has 0 aliphatic heterocycles. The summed E-state index contributed by atoms with van der Waals surface area (Å²) in [6, 6.07) is 8.79. The maximum absolute atomic E-state index is 9.63. The highest BCUT2D eigenvalue weighted by Gasteiger charge is 2.23. The number of benzene rings is 1. The Kier molecular flexibility index (Phi) is 6.26. The van der Waals surface area contributed by atoms with E-state index in [0.717, 1.165) is 0 Å². The standard InChI is InChI=1S/C19H22ClN3O4/c1-18(2,3)26-24-16-14(11-21)15(12-7-9-13(20)10-8-12)22-17(23-16)25-27-19(4,5)6/h7-10H,1-6H3. The third-order valence-electron chi connectivity index (χ3n) is 2.82. The molecule has 0 spiro atoms.